The van der Waals surface area contributed by atoms with E-state index < -0.39 is 0 Å². The van der Waals surface area contributed by atoms with Crippen molar-refractivity contribution < 1.29 is 0 Å². The zero-order valence-electron chi connectivity index (χ0n) is 14.4. The molecule has 0 radical (unpaired) electrons. The summed E-state index contributed by atoms with van der Waals surface area (Å²) in [4.78, 5) is 4.79. The molecule has 0 fully saturated rings. The largest absolute Gasteiger partial charge is 0.317 e. The summed E-state index contributed by atoms with van der Waals surface area (Å²) < 4.78 is 0. The summed E-state index contributed by atoms with van der Waals surface area (Å²) in [5.74, 6) is 0. The van der Waals surface area contributed by atoms with Crippen LogP contribution in [0.3, 0.4) is 0 Å². The second-order valence-electron chi connectivity index (χ2n) is 6.42. The minimum atomic E-state index is 0.0495. The van der Waals surface area contributed by atoms with Crippen molar-refractivity contribution >= 4 is 11.4 Å². The number of para-hydroxylation sites is 2. The van der Waals surface area contributed by atoms with Crippen LogP contribution in [0.5, 0.6) is 0 Å². The Balaban J connectivity index is 2.02. The van der Waals surface area contributed by atoms with Crippen LogP contribution in [-0.2, 0) is 5.41 Å². The normalized spacial score (nSPS) is 19.9. The summed E-state index contributed by atoms with van der Waals surface area (Å²) in [7, 11) is 0. The summed E-state index contributed by atoms with van der Waals surface area (Å²) in [5.41, 5.74) is 3.95. The Morgan fingerprint density at radius 1 is 0.913 bits per heavy atom. The van der Waals surface area contributed by atoms with Crippen LogP contribution in [-0.4, -0.2) is 24.5 Å². The smallest absolute Gasteiger partial charge is 0.0496 e. The number of benzene rings is 2. The fraction of sp³-hybridized carbons (Fsp3) is 0.333. The zero-order chi connectivity index (χ0) is 16.3. The van der Waals surface area contributed by atoms with Crippen molar-refractivity contribution in [3.8, 4) is 0 Å². The van der Waals surface area contributed by atoms with Gasteiger partial charge in [-0.1, -0.05) is 63.2 Å². The number of hydrogen-bond donors (Lipinski definition) is 0. The van der Waals surface area contributed by atoms with E-state index in [-0.39, 0.29) is 5.41 Å². The maximum absolute atomic E-state index is 2.50. The Hall–Kier alpha value is -2.06. The maximum atomic E-state index is 2.50. The molecule has 1 aliphatic rings. The number of fused-ring (bicyclic) bond motifs is 1. The molecule has 0 saturated carbocycles. The molecule has 1 aliphatic heterocycles. The lowest BCUT2D eigenvalue weighted by atomic mass is 9.78. The molecule has 120 valence electrons. The van der Waals surface area contributed by atoms with Gasteiger partial charge in [-0.2, -0.15) is 0 Å². The van der Waals surface area contributed by atoms with Gasteiger partial charge in [-0.3, -0.25) is 0 Å². The first-order valence-corrected chi connectivity index (χ1v) is 8.53. The zero-order valence-corrected chi connectivity index (χ0v) is 14.4. The molecule has 0 amide bonds. The van der Waals surface area contributed by atoms with Crippen molar-refractivity contribution in [1.29, 1.82) is 0 Å². The lowest BCUT2D eigenvalue weighted by molar-refractivity contribution is 0.259. The number of likely N-dealkylation sites (N-methyl/N-ethyl adjacent to an activating group) is 1. The molecule has 3 rings (SSSR count). The second-order valence-corrected chi connectivity index (χ2v) is 6.42. The van der Waals surface area contributed by atoms with Crippen LogP contribution >= 0.6 is 0 Å². The Labute approximate surface area is 140 Å². The monoisotopic (exact) mass is 306 g/mol. The van der Waals surface area contributed by atoms with E-state index in [9.17, 15) is 0 Å². The fourth-order valence-electron chi connectivity index (χ4n) is 3.44. The van der Waals surface area contributed by atoms with Gasteiger partial charge in [0.25, 0.3) is 0 Å². The lowest BCUT2D eigenvalue weighted by Gasteiger charge is -2.40. The van der Waals surface area contributed by atoms with Gasteiger partial charge in [0.2, 0.25) is 0 Å². The summed E-state index contributed by atoms with van der Waals surface area (Å²) in [6.45, 7) is 10.1. The number of nitrogens with zero attached hydrogens (tertiary/aromatic N) is 2. The van der Waals surface area contributed by atoms with E-state index in [0.29, 0.717) is 0 Å². The molecule has 0 aromatic heterocycles. The first kappa shape index (κ1) is 15.8. The van der Waals surface area contributed by atoms with Crippen molar-refractivity contribution in [1.82, 2.24) is 4.90 Å². The molecule has 2 heteroatoms. The van der Waals surface area contributed by atoms with Crippen molar-refractivity contribution in [2.45, 2.75) is 26.2 Å². The lowest BCUT2D eigenvalue weighted by Crippen LogP contribution is -2.40. The first-order valence-electron chi connectivity index (χ1n) is 8.53. The number of anilines is 2. The molecule has 0 saturated heterocycles. The van der Waals surface area contributed by atoms with E-state index in [4.69, 9.17) is 0 Å². The summed E-state index contributed by atoms with van der Waals surface area (Å²) >= 11 is 0. The standard InChI is InChI=1S/C21H26N2/c1-4-22(5-2)17-21(3)15-16-23(18-11-7-6-8-12-18)20-14-10-9-13-19(20)21/h6-16H,4-5,17H2,1-3H3. The summed E-state index contributed by atoms with van der Waals surface area (Å²) in [6, 6.07) is 19.4. The van der Waals surface area contributed by atoms with E-state index in [1.807, 2.05) is 0 Å². The molecule has 2 aromatic carbocycles. The van der Waals surface area contributed by atoms with Crippen molar-refractivity contribution in [2.24, 2.45) is 0 Å². The Kier molecular flexibility index (Phi) is 4.53. The van der Waals surface area contributed by atoms with Crippen LogP contribution in [0.1, 0.15) is 26.3 Å². The molecule has 2 nitrogen and oxygen atoms in total. The molecule has 1 atom stereocenters. The molecular formula is C21H26N2. The Morgan fingerprint density at radius 2 is 1.57 bits per heavy atom. The van der Waals surface area contributed by atoms with Gasteiger partial charge in [-0.15, -0.1) is 0 Å². The van der Waals surface area contributed by atoms with Crippen LogP contribution in [0, 0.1) is 0 Å². The van der Waals surface area contributed by atoms with E-state index in [1.54, 1.807) is 0 Å². The molecule has 0 bridgehead atoms. The molecule has 23 heavy (non-hydrogen) atoms. The highest BCUT2D eigenvalue weighted by Crippen LogP contribution is 2.41. The second kappa shape index (κ2) is 6.59. The van der Waals surface area contributed by atoms with Crippen molar-refractivity contribution in [3.05, 3.63) is 72.4 Å². The summed E-state index contributed by atoms with van der Waals surface area (Å²) in [6.07, 6.45) is 4.60. The quantitative estimate of drug-likeness (QED) is 0.771. The highest BCUT2D eigenvalue weighted by atomic mass is 15.1. The molecule has 0 N–H and O–H groups in total. The van der Waals surface area contributed by atoms with Crippen LogP contribution in [0.25, 0.3) is 0 Å². The average molecular weight is 306 g/mol. The van der Waals surface area contributed by atoms with Crippen molar-refractivity contribution in [2.75, 3.05) is 24.5 Å². The fourth-order valence-corrected chi connectivity index (χ4v) is 3.44. The van der Waals surface area contributed by atoms with Gasteiger partial charge in [0.15, 0.2) is 0 Å². The van der Waals surface area contributed by atoms with Gasteiger partial charge in [-0.05, 0) is 36.9 Å². The molecule has 1 heterocycles. The van der Waals surface area contributed by atoms with Gasteiger partial charge in [-0.25, -0.2) is 0 Å². The van der Waals surface area contributed by atoms with Gasteiger partial charge in [0.05, 0.1) is 0 Å². The van der Waals surface area contributed by atoms with Gasteiger partial charge >= 0.3 is 0 Å². The highest BCUT2D eigenvalue weighted by Gasteiger charge is 2.32. The molecule has 0 spiro atoms. The maximum Gasteiger partial charge on any atom is 0.0496 e. The molecular weight excluding hydrogens is 280 g/mol. The van der Waals surface area contributed by atoms with Gasteiger partial charge < -0.3 is 9.80 Å². The summed E-state index contributed by atoms with van der Waals surface area (Å²) in [5, 5.41) is 0. The van der Waals surface area contributed by atoms with E-state index in [1.165, 1.54) is 16.9 Å². The molecule has 2 aromatic rings. The third kappa shape index (κ3) is 3.04. The van der Waals surface area contributed by atoms with Gasteiger partial charge in [0.1, 0.15) is 0 Å². The van der Waals surface area contributed by atoms with Crippen LogP contribution in [0.2, 0.25) is 0 Å². The molecule has 0 aliphatic carbocycles. The van der Waals surface area contributed by atoms with Crippen LogP contribution < -0.4 is 4.90 Å². The number of rotatable bonds is 5. The van der Waals surface area contributed by atoms with E-state index >= 15 is 0 Å². The van der Waals surface area contributed by atoms with Gasteiger partial charge in [0, 0.05) is 29.5 Å². The van der Waals surface area contributed by atoms with Crippen LogP contribution in [0.15, 0.2) is 66.9 Å². The first-order chi connectivity index (χ1) is 11.2. The van der Waals surface area contributed by atoms with Crippen molar-refractivity contribution in [3.63, 3.8) is 0 Å². The van der Waals surface area contributed by atoms with Crippen LogP contribution in [0.4, 0.5) is 11.4 Å². The van der Waals surface area contributed by atoms with E-state index in [0.717, 1.165) is 19.6 Å². The third-order valence-electron chi connectivity index (χ3n) is 4.85. The predicted octanol–water partition coefficient (Wildman–Crippen LogP) is 4.95. The Morgan fingerprint density at radius 3 is 2.26 bits per heavy atom. The van der Waals surface area contributed by atoms with E-state index in [2.05, 4.69) is 97.4 Å². The predicted molar refractivity (Wildman–Crippen MR) is 99.3 cm³/mol. The minimum absolute atomic E-state index is 0.0495. The highest BCUT2D eigenvalue weighted by molar-refractivity contribution is 5.73. The Bertz CT molecular complexity index is 673. The minimum Gasteiger partial charge on any atom is -0.317 e. The average Bonchev–Trinajstić information content (AvgIpc) is 2.61. The number of hydrogen-bond acceptors (Lipinski definition) is 2. The topological polar surface area (TPSA) is 6.48 Å². The molecule has 1 unspecified atom stereocenters. The third-order valence-corrected chi connectivity index (χ3v) is 4.85. The SMILES string of the molecule is CCN(CC)CC1(C)C=CN(c2ccccc2)c2ccccc21.